The molecule has 24 heavy (non-hydrogen) atoms. The number of benzene rings is 2. The molecule has 2 aliphatic rings. The van der Waals surface area contributed by atoms with Crippen LogP contribution >= 0.6 is 7.29 Å². The topological polar surface area (TPSA) is 20.3 Å². The maximum atomic E-state index is 14.3. The molecule has 0 bridgehead atoms. The first-order chi connectivity index (χ1) is 11.6. The van der Waals surface area contributed by atoms with Gasteiger partial charge in [-0.25, -0.2) is 4.67 Å². The Balaban J connectivity index is 1.91. The van der Waals surface area contributed by atoms with Crippen molar-refractivity contribution in [3.8, 4) is 0 Å². The van der Waals surface area contributed by atoms with Crippen LogP contribution < -0.4 is 5.30 Å². The van der Waals surface area contributed by atoms with E-state index in [2.05, 4.69) is 54.1 Å². The van der Waals surface area contributed by atoms with E-state index in [9.17, 15) is 4.57 Å². The lowest BCUT2D eigenvalue weighted by Gasteiger charge is -2.26. The molecule has 2 aromatic rings. The summed E-state index contributed by atoms with van der Waals surface area (Å²) in [7, 11) is -0.744. The van der Waals surface area contributed by atoms with Crippen LogP contribution in [0.15, 0.2) is 84.2 Å². The normalized spacial score (nSPS) is 32.4. The second kappa shape index (κ2) is 5.88. The van der Waals surface area contributed by atoms with Gasteiger partial charge in [-0.15, -0.1) is 0 Å². The first-order valence-electron chi connectivity index (χ1n) is 8.47. The van der Waals surface area contributed by atoms with Gasteiger partial charge in [0.05, 0.1) is 6.04 Å². The number of nitrogens with zero attached hydrogens (tertiary/aromatic N) is 1. The summed E-state index contributed by atoms with van der Waals surface area (Å²) in [6.07, 6.45) is 6.72. The summed E-state index contributed by atoms with van der Waals surface area (Å²) < 4.78 is 16.4. The van der Waals surface area contributed by atoms with Crippen LogP contribution in [0.1, 0.15) is 18.5 Å². The second-order valence-corrected chi connectivity index (χ2v) is 9.52. The quantitative estimate of drug-likeness (QED) is 0.570. The fourth-order valence-electron chi connectivity index (χ4n) is 4.02. The molecule has 2 aromatic carbocycles. The Morgan fingerprint density at radius 1 is 0.917 bits per heavy atom. The SMILES string of the molecule is C[C@H]1C=C[C@@H]2C(=C1)P(=O)(c1ccccc1)N(C)[C@H]2c1ccccc1. The minimum atomic E-state index is -2.76. The van der Waals surface area contributed by atoms with Gasteiger partial charge in [-0.3, -0.25) is 4.57 Å². The lowest BCUT2D eigenvalue weighted by atomic mass is 9.87. The van der Waals surface area contributed by atoms with E-state index < -0.39 is 7.29 Å². The smallest absolute Gasteiger partial charge is 0.203 e. The summed E-state index contributed by atoms with van der Waals surface area (Å²) in [6, 6.07) is 20.5. The third kappa shape index (κ3) is 2.25. The van der Waals surface area contributed by atoms with Gasteiger partial charge in [-0.05, 0) is 30.7 Å². The van der Waals surface area contributed by atoms with Crippen molar-refractivity contribution in [2.24, 2.45) is 11.8 Å². The van der Waals surface area contributed by atoms with Crippen molar-refractivity contribution in [3.63, 3.8) is 0 Å². The predicted molar refractivity (Wildman–Crippen MR) is 101 cm³/mol. The molecule has 0 aromatic heterocycles. The summed E-state index contributed by atoms with van der Waals surface area (Å²) in [5.41, 5.74) is 1.23. The van der Waals surface area contributed by atoms with Crippen LogP contribution in [-0.4, -0.2) is 11.7 Å². The summed E-state index contributed by atoms with van der Waals surface area (Å²) in [5.74, 6) is 0.510. The molecule has 1 saturated heterocycles. The van der Waals surface area contributed by atoms with E-state index in [1.54, 1.807) is 0 Å². The van der Waals surface area contributed by atoms with Crippen LogP contribution in [-0.2, 0) is 4.57 Å². The van der Waals surface area contributed by atoms with Crippen LogP contribution in [0.4, 0.5) is 0 Å². The number of hydrogen-bond donors (Lipinski definition) is 0. The van der Waals surface area contributed by atoms with Gasteiger partial charge in [0.25, 0.3) is 0 Å². The van der Waals surface area contributed by atoms with E-state index in [-0.39, 0.29) is 12.0 Å². The molecular formula is C21H22NOP. The Morgan fingerprint density at radius 2 is 1.54 bits per heavy atom. The summed E-state index contributed by atoms with van der Waals surface area (Å²) in [4.78, 5) is 0. The number of hydrogen-bond acceptors (Lipinski definition) is 1. The van der Waals surface area contributed by atoms with Gasteiger partial charge >= 0.3 is 0 Å². The molecule has 4 rings (SSSR count). The Labute approximate surface area is 143 Å². The molecule has 0 spiro atoms. The van der Waals surface area contributed by atoms with Crippen molar-refractivity contribution in [2.45, 2.75) is 13.0 Å². The van der Waals surface area contributed by atoms with Crippen LogP contribution in [0.25, 0.3) is 0 Å². The standard InChI is InChI=1S/C21H22NOP/c1-16-13-14-19-20(15-16)24(23,18-11-7-4-8-12-18)22(2)21(19)17-9-5-3-6-10-17/h3-16,19,21H,1-2H3/t16-,19+,21-,24?/m0/s1. The average molecular weight is 335 g/mol. The predicted octanol–water partition coefficient (Wildman–Crippen LogP) is 4.98. The molecular weight excluding hydrogens is 313 g/mol. The molecule has 0 radical (unpaired) electrons. The second-order valence-electron chi connectivity index (χ2n) is 6.70. The Kier molecular flexibility index (Phi) is 3.83. The maximum absolute atomic E-state index is 14.3. The highest BCUT2D eigenvalue weighted by molar-refractivity contribution is 7.73. The number of allylic oxidation sites excluding steroid dienone is 2. The van der Waals surface area contributed by atoms with Crippen LogP contribution in [0, 0.1) is 11.8 Å². The minimum absolute atomic E-state index is 0.118. The van der Waals surface area contributed by atoms with Gasteiger partial charge in [-0.2, -0.15) is 0 Å². The zero-order valence-corrected chi connectivity index (χ0v) is 14.9. The fourth-order valence-corrected chi connectivity index (χ4v) is 7.32. The van der Waals surface area contributed by atoms with Gasteiger partial charge in [0.15, 0.2) is 0 Å². The summed E-state index contributed by atoms with van der Waals surface area (Å²) in [5, 5.41) is 2.03. The zero-order chi connectivity index (χ0) is 16.7. The summed E-state index contributed by atoms with van der Waals surface area (Å²) in [6.45, 7) is 2.16. The Bertz CT molecular complexity index is 841. The zero-order valence-electron chi connectivity index (χ0n) is 14.0. The van der Waals surface area contributed by atoms with E-state index in [1.807, 2.05) is 43.4 Å². The largest absolute Gasteiger partial charge is 0.297 e. The highest BCUT2D eigenvalue weighted by Gasteiger charge is 2.51. The van der Waals surface area contributed by atoms with Crippen molar-refractivity contribution in [1.29, 1.82) is 0 Å². The van der Waals surface area contributed by atoms with Crippen molar-refractivity contribution in [3.05, 3.63) is 89.8 Å². The molecule has 1 aliphatic carbocycles. The van der Waals surface area contributed by atoms with E-state index in [1.165, 1.54) is 5.56 Å². The third-order valence-electron chi connectivity index (χ3n) is 5.18. The monoisotopic (exact) mass is 335 g/mol. The molecule has 0 amide bonds. The molecule has 1 aliphatic heterocycles. The molecule has 4 atom stereocenters. The molecule has 1 heterocycles. The van der Waals surface area contributed by atoms with E-state index >= 15 is 0 Å². The molecule has 1 fully saturated rings. The molecule has 2 nitrogen and oxygen atoms in total. The third-order valence-corrected chi connectivity index (χ3v) is 8.46. The van der Waals surface area contributed by atoms with E-state index in [0.29, 0.717) is 5.92 Å². The molecule has 1 unspecified atom stereocenters. The van der Waals surface area contributed by atoms with Crippen LogP contribution in [0.2, 0.25) is 0 Å². The van der Waals surface area contributed by atoms with Crippen LogP contribution in [0.3, 0.4) is 0 Å². The Morgan fingerprint density at radius 3 is 2.21 bits per heavy atom. The van der Waals surface area contributed by atoms with Gasteiger partial charge in [0.1, 0.15) is 0 Å². The van der Waals surface area contributed by atoms with Crippen molar-refractivity contribution < 1.29 is 4.57 Å². The Hall–Kier alpha value is -1.89. The van der Waals surface area contributed by atoms with Crippen molar-refractivity contribution in [1.82, 2.24) is 4.67 Å². The fraction of sp³-hybridized carbons (Fsp3) is 0.238. The lowest BCUT2D eigenvalue weighted by molar-refractivity contribution is 0.371. The molecule has 122 valence electrons. The van der Waals surface area contributed by atoms with E-state index in [0.717, 1.165) is 10.6 Å². The van der Waals surface area contributed by atoms with Crippen molar-refractivity contribution >= 4 is 12.6 Å². The molecule has 3 heteroatoms. The van der Waals surface area contributed by atoms with Crippen LogP contribution in [0.5, 0.6) is 0 Å². The van der Waals surface area contributed by atoms with Gasteiger partial charge in [-0.1, -0.05) is 73.7 Å². The first kappa shape index (κ1) is 15.6. The van der Waals surface area contributed by atoms with Crippen molar-refractivity contribution in [2.75, 3.05) is 7.05 Å². The van der Waals surface area contributed by atoms with Gasteiger partial charge in [0, 0.05) is 16.5 Å². The number of fused-ring (bicyclic) bond motifs is 1. The van der Waals surface area contributed by atoms with Gasteiger partial charge in [0.2, 0.25) is 7.29 Å². The summed E-state index contributed by atoms with van der Waals surface area (Å²) >= 11 is 0. The average Bonchev–Trinajstić information content (AvgIpc) is 2.85. The van der Waals surface area contributed by atoms with E-state index in [4.69, 9.17) is 0 Å². The highest BCUT2D eigenvalue weighted by Crippen LogP contribution is 2.70. The van der Waals surface area contributed by atoms with Gasteiger partial charge < -0.3 is 0 Å². The molecule has 0 saturated carbocycles. The molecule has 0 N–H and O–H groups in total. The number of rotatable bonds is 2. The first-order valence-corrected chi connectivity index (χ1v) is 10.1. The maximum Gasteiger partial charge on any atom is 0.203 e. The highest BCUT2D eigenvalue weighted by atomic mass is 31.2. The minimum Gasteiger partial charge on any atom is -0.297 e. The lowest BCUT2D eigenvalue weighted by Crippen LogP contribution is -2.21.